The van der Waals surface area contributed by atoms with E-state index in [-0.39, 0.29) is 16.7 Å². The van der Waals surface area contributed by atoms with Crippen molar-refractivity contribution in [2.75, 3.05) is 14.2 Å². The average molecular weight is 257 g/mol. The maximum atomic E-state index is 12.8. The third-order valence-electron chi connectivity index (χ3n) is 2.55. The first-order valence-corrected chi connectivity index (χ1v) is 5.05. The Bertz CT molecular complexity index is 581. The van der Waals surface area contributed by atoms with Gasteiger partial charge in [0, 0.05) is 17.6 Å². The summed E-state index contributed by atoms with van der Waals surface area (Å²) in [6.07, 6.45) is -3.31. The van der Waals surface area contributed by atoms with Crippen LogP contribution in [-0.4, -0.2) is 19.2 Å². The lowest BCUT2D eigenvalue weighted by molar-refractivity contribution is -0.136. The number of halogens is 3. The van der Waals surface area contributed by atoms with E-state index in [1.54, 1.807) is 0 Å². The summed E-state index contributed by atoms with van der Waals surface area (Å²) in [6, 6.07) is 3.64. The smallest absolute Gasteiger partial charge is 0.417 e. The molecule has 3 nitrogen and oxygen atoms in total. The number of pyridine rings is 1. The van der Waals surface area contributed by atoms with Crippen LogP contribution in [0.15, 0.2) is 24.4 Å². The average Bonchev–Trinajstić information content (AvgIpc) is 2.35. The van der Waals surface area contributed by atoms with E-state index in [2.05, 4.69) is 4.98 Å². The van der Waals surface area contributed by atoms with Gasteiger partial charge in [0.2, 0.25) is 0 Å². The summed E-state index contributed by atoms with van der Waals surface area (Å²) < 4.78 is 48.5. The SMILES string of the molecule is COc1cc2nccc(C(F)(F)F)c2cc1OC. The predicted molar refractivity (Wildman–Crippen MR) is 59.8 cm³/mol. The molecule has 0 unspecified atom stereocenters. The molecule has 0 aliphatic heterocycles. The summed E-state index contributed by atoms with van der Waals surface area (Å²) in [5.41, 5.74) is -0.532. The van der Waals surface area contributed by atoms with Gasteiger partial charge in [0.1, 0.15) is 0 Å². The van der Waals surface area contributed by atoms with Crippen molar-refractivity contribution in [1.29, 1.82) is 0 Å². The van der Waals surface area contributed by atoms with Crippen LogP contribution in [0.4, 0.5) is 13.2 Å². The molecule has 0 saturated carbocycles. The zero-order valence-corrected chi connectivity index (χ0v) is 9.71. The van der Waals surface area contributed by atoms with Crippen LogP contribution in [0.1, 0.15) is 5.56 Å². The van der Waals surface area contributed by atoms with E-state index in [9.17, 15) is 13.2 Å². The van der Waals surface area contributed by atoms with Gasteiger partial charge in [0.15, 0.2) is 11.5 Å². The van der Waals surface area contributed by atoms with Crippen molar-refractivity contribution in [1.82, 2.24) is 4.98 Å². The molecule has 1 heterocycles. The number of alkyl halides is 3. The number of rotatable bonds is 2. The van der Waals surface area contributed by atoms with Gasteiger partial charge in [-0.3, -0.25) is 4.98 Å². The van der Waals surface area contributed by atoms with Gasteiger partial charge >= 0.3 is 6.18 Å². The number of methoxy groups -OCH3 is 2. The lowest BCUT2D eigenvalue weighted by atomic mass is 10.1. The minimum Gasteiger partial charge on any atom is -0.493 e. The molecule has 0 radical (unpaired) electrons. The first kappa shape index (κ1) is 12.5. The highest BCUT2D eigenvalue weighted by Gasteiger charge is 2.33. The van der Waals surface area contributed by atoms with Crippen molar-refractivity contribution >= 4 is 10.9 Å². The summed E-state index contributed by atoms with van der Waals surface area (Å²) in [5, 5.41) is -0.0114. The number of nitrogens with zero attached hydrogens (tertiary/aromatic N) is 1. The van der Waals surface area contributed by atoms with E-state index in [0.717, 1.165) is 12.3 Å². The number of fused-ring (bicyclic) bond motifs is 1. The second-order valence-corrected chi connectivity index (χ2v) is 3.58. The van der Waals surface area contributed by atoms with Crippen LogP contribution in [0.5, 0.6) is 11.5 Å². The Hall–Kier alpha value is -1.98. The second-order valence-electron chi connectivity index (χ2n) is 3.58. The molecular weight excluding hydrogens is 247 g/mol. The Morgan fingerprint density at radius 3 is 2.22 bits per heavy atom. The van der Waals surface area contributed by atoms with Gasteiger partial charge < -0.3 is 9.47 Å². The zero-order chi connectivity index (χ0) is 13.3. The van der Waals surface area contributed by atoms with E-state index in [1.807, 2.05) is 0 Å². The molecule has 2 rings (SSSR count). The topological polar surface area (TPSA) is 31.4 Å². The molecule has 0 amide bonds. The molecule has 96 valence electrons. The van der Waals surface area contributed by atoms with Gasteiger partial charge in [-0.15, -0.1) is 0 Å². The molecule has 0 saturated heterocycles. The monoisotopic (exact) mass is 257 g/mol. The summed E-state index contributed by atoms with van der Waals surface area (Å²) in [5.74, 6) is 0.584. The molecule has 1 aromatic heterocycles. The van der Waals surface area contributed by atoms with Crippen LogP contribution in [0, 0.1) is 0 Å². The zero-order valence-electron chi connectivity index (χ0n) is 9.71. The van der Waals surface area contributed by atoms with Crippen LogP contribution in [-0.2, 0) is 6.18 Å². The van der Waals surface area contributed by atoms with Crippen LogP contribution in [0.3, 0.4) is 0 Å². The quantitative estimate of drug-likeness (QED) is 0.827. The number of hydrogen-bond acceptors (Lipinski definition) is 3. The van der Waals surface area contributed by atoms with E-state index >= 15 is 0 Å². The first-order valence-electron chi connectivity index (χ1n) is 5.05. The van der Waals surface area contributed by atoms with Crippen molar-refractivity contribution in [2.24, 2.45) is 0 Å². The third-order valence-corrected chi connectivity index (χ3v) is 2.55. The van der Waals surface area contributed by atoms with E-state index in [4.69, 9.17) is 9.47 Å². The molecule has 0 atom stereocenters. The van der Waals surface area contributed by atoms with Gasteiger partial charge in [0.25, 0.3) is 0 Å². The van der Waals surface area contributed by atoms with Gasteiger partial charge in [-0.1, -0.05) is 0 Å². The van der Waals surface area contributed by atoms with Crippen LogP contribution in [0.25, 0.3) is 10.9 Å². The Labute approximate surface area is 101 Å². The number of benzene rings is 1. The van der Waals surface area contributed by atoms with E-state index in [1.165, 1.54) is 26.4 Å². The number of aromatic nitrogens is 1. The molecule has 0 aliphatic rings. The number of hydrogen-bond donors (Lipinski definition) is 0. The van der Waals surface area contributed by atoms with Crippen molar-refractivity contribution in [3.8, 4) is 11.5 Å². The number of ether oxygens (including phenoxy) is 2. The van der Waals surface area contributed by atoms with Gasteiger partial charge in [-0.05, 0) is 12.1 Å². The third kappa shape index (κ3) is 2.05. The van der Waals surface area contributed by atoms with Crippen molar-refractivity contribution in [3.63, 3.8) is 0 Å². The standard InChI is InChI=1S/C12H10F3NO2/c1-17-10-5-7-8(12(13,14)15)3-4-16-9(7)6-11(10)18-2/h3-6H,1-2H3. The van der Waals surface area contributed by atoms with Crippen molar-refractivity contribution in [3.05, 3.63) is 30.0 Å². The van der Waals surface area contributed by atoms with Crippen LogP contribution >= 0.6 is 0 Å². The highest BCUT2D eigenvalue weighted by Crippen LogP contribution is 2.38. The predicted octanol–water partition coefficient (Wildman–Crippen LogP) is 3.27. The highest BCUT2D eigenvalue weighted by atomic mass is 19.4. The molecule has 0 fully saturated rings. The second kappa shape index (κ2) is 4.36. The first-order chi connectivity index (χ1) is 8.47. The van der Waals surface area contributed by atoms with Crippen molar-refractivity contribution in [2.45, 2.75) is 6.18 Å². The molecule has 0 spiro atoms. The molecule has 0 aliphatic carbocycles. The van der Waals surface area contributed by atoms with Gasteiger partial charge in [-0.25, -0.2) is 0 Å². The van der Waals surface area contributed by atoms with E-state index < -0.39 is 11.7 Å². The van der Waals surface area contributed by atoms with Crippen molar-refractivity contribution < 1.29 is 22.6 Å². The molecule has 1 aromatic carbocycles. The van der Waals surface area contributed by atoms with E-state index in [0.29, 0.717) is 5.75 Å². The Kier molecular flexibility index (Phi) is 3.02. The minimum absolute atomic E-state index is 0.0114. The maximum Gasteiger partial charge on any atom is 0.417 e. The Morgan fingerprint density at radius 2 is 1.67 bits per heavy atom. The fourth-order valence-electron chi connectivity index (χ4n) is 1.72. The lowest BCUT2D eigenvalue weighted by Crippen LogP contribution is -2.06. The molecule has 0 N–H and O–H groups in total. The lowest BCUT2D eigenvalue weighted by Gasteiger charge is -2.13. The summed E-state index contributed by atoms with van der Waals surface area (Å²) in [4.78, 5) is 3.90. The summed E-state index contributed by atoms with van der Waals surface area (Å²) in [7, 11) is 2.78. The van der Waals surface area contributed by atoms with Crippen LogP contribution < -0.4 is 9.47 Å². The largest absolute Gasteiger partial charge is 0.493 e. The maximum absolute atomic E-state index is 12.8. The minimum atomic E-state index is -4.43. The van der Waals surface area contributed by atoms with Gasteiger partial charge in [0.05, 0.1) is 25.3 Å². The molecule has 18 heavy (non-hydrogen) atoms. The van der Waals surface area contributed by atoms with Gasteiger partial charge in [-0.2, -0.15) is 13.2 Å². The molecule has 2 aromatic rings. The molecule has 6 heteroatoms. The fraction of sp³-hybridized carbons (Fsp3) is 0.250. The molecular formula is C12H10F3NO2. The Balaban J connectivity index is 2.77. The summed E-state index contributed by atoms with van der Waals surface area (Å²) in [6.45, 7) is 0. The van der Waals surface area contributed by atoms with Crippen LogP contribution in [0.2, 0.25) is 0 Å². The normalized spacial score (nSPS) is 11.6. The fourth-order valence-corrected chi connectivity index (χ4v) is 1.72. The highest BCUT2D eigenvalue weighted by molar-refractivity contribution is 5.86. The summed E-state index contributed by atoms with van der Waals surface area (Å²) >= 11 is 0. The molecule has 0 bridgehead atoms. The Morgan fingerprint density at radius 1 is 1.06 bits per heavy atom.